The molecular formula is C10H16N2O2. The zero-order chi connectivity index (χ0) is 10.3. The van der Waals surface area contributed by atoms with Gasteiger partial charge in [-0.1, -0.05) is 6.92 Å². The van der Waals surface area contributed by atoms with Crippen molar-refractivity contribution >= 4 is 11.8 Å². The van der Waals surface area contributed by atoms with E-state index in [0.717, 1.165) is 13.0 Å². The van der Waals surface area contributed by atoms with Crippen molar-refractivity contribution in [1.29, 1.82) is 0 Å². The summed E-state index contributed by atoms with van der Waals surface area (Å²) in [6.07, 6.45) is 1.29. The fraction of sp³-hybridized carbons (Fsp3) is 0.800. The highest BCUT2D eigenvalue weighted by molar-refractivity contribution is 6.03. The molecule has 0 spiro atoms. The zero-order valence-corrected chi connectivity index (χ0v) is 8.62. The van der Waals surface area contributed by atoms with E-state index in [1.807, 2.05) is 13.8 Å². The van der Waals surface area contributed by atoms with Gasteiger partial charge in [-0.05, 0) is 19.9 Å². The molecule has 0 bridgehead atoms. The summed E-state index contributed by atoms with van der Waals surface area (Å²) in [6, 6.07) is 0.327. The molecule has 4 heteroatoms. The van der Waals surface area contributed by atoms with E-state index in [4.69, 9.17) is 0 Å². The van der Waals surface area contributed by atoms with Crippen LogP contribution in [-0.2, 0) is 9.59 Å². The Balaban J connectivity index is 2.17. The normalized spacial score (nSPS) is 38.4. The predicted molar refractivity (Wildman–Crippen MR) is 51.5 cm³/mol. The second-order valence-corrected chi connectivity index (χ2v) is 4.31. The van der Waals surface area contributed by atoms with E-state index in [2.05, 4.69) is 5.32 Å². The average Bonchev–Trinajstić information content (AvgIpc) is 2.60. The number of amides is 2. The van der Waals surface area contributed by atoms with Crippen molar-refractivity contribution in [3.8, 4) is 0 Å². The first-order valence-electron chi connectivity index (χ1n) is 5.20. The SMILES string of the molecule is CC1CC(=O)N(C2CCNC2C)C1=O. The van der Waals surface area contributed by atoms with Crippen molar-refractivity contribution in [2.45, 2.75) is 38.8 Å². The maximum Gasteiger partial charge on any atom is 0.232 e. The second kappa shape index (κ2) is 3.35. The summed E-state index contributed by atoms with van der Waals surface area (Å²) in [5, 5.41) is 3.26. The Hall–Kier alpha value is -0.900. The van der Waals surface area contributed by atoms with Crippen LogP contribution in [0.3, 0.4) is 0 Å². The lowest BCUT2D eigenvalue weighted by Gasteiger charge is -2.25. The van der Waals surface area contributed by atoms with Gasteiger partial charge < -0.3 is 5.32 Å². The van der Waals surface area contributed by atoms with Crippen LogP contribution in [-0.4, -0.2) is 35.3 Å². The van der Waals surface area contributed by atoms with E-state index in [1.165, 1.54) is 4.90 Å². The van der Waals surface area contributed by atoms with Gasteiger partial charge in [-0.2, -0.15) is 0 Å². The number of nitrogens with zero attached hydrogens (tertiary/aromatic N) is 1. The van der Waals surface area contributed by atoms with Gasteiger partial charge in [0.25, 0.3) is 0 Å². The van der Waals surface area contributed by atoms with Gasteiger partial charge in [-0.3, -0.25) is 14.5 Å². The molecule has 2 aliphatic heterocycles. The molecule has 2 rings (SSSR count). The van der Waals surface area contributed by atoms with Crippen LogP contribution in [0.25, 0.3) is 0 Å². The smallest absolute Gasteiger partial charge is 0.232 e. The Morgan fingerprint density at radius 1 is 1.36 bits per heavy atom. The third-order valence-electron chi connectivity index (χ3n) is 3.22. The average molecular weight is 196 g/mol. The van der Waals surface area contributed by atoms with Gasteiger partial charge in [0.1, 0.15) is 0 Å². The summed E-state index contributed by atoms with van der Waals surface area (Å²) < 4.78 is 0. The van der Waals surface area contributed by atoms with E-state index in [9.17, 15) is 9.59 Å². The topological polar surface area (TPSA) is 49.4 Å². The van der Waals surface area contributed by atoms with Crippen molar-refractivity contribution in [3.63, 3.8) is 0 Å². The van der Waals surface area contributed by atoms with Crippen molar-refractivity contribution in [2.75, 3.05) is 6.54 Å². The Labute approximate surface area is 83.6 Å². The molecule has 2 aliphatic rings. The van der Waals surface area contributed by atoms with Gasteiger partial charge in [-0.15, -0.1) is 0 Å². The number of carbonyl (C=O) groups is 2. The van der Waals surface area contributed by atoms with Crippen molar-refractivity contribution in [1.82, 2.24) is 10.2 Å². The zero-order valence-electron chi connectivity index (χ0n) is 8.62. The van der Waals surface area contributed by atoms with Crippen LogP contribution >= 0.6 is 0 Å². The molecule has 0 aromatic carbocycles. The lowest BCUT2D eigenvalue weighted by atomic mass is 10.1. The molecule has 78 valence electrons. The van der Waals surface area contributed by atoms with Gasteiger partial charge in [0, 0.05) is 18.4 Å². The molecule has 2 amide bonds. The standard InChI is InChI=1S/C10H16N2O2/c1-6-5-9(13)12(10(6)14)8-3-4-11-7(8)2/h6-8,11H,3-5H2,1-2H3. The molecule has 3 unspecified atom stereocenters. The molecule has 0 saturated carbocycles. The van der Waals surface area contributed by atoms with E-state index in [-0.39, 0.29) is 29.8 Å². The highest BCUT2D eigenvalue weighted by Crippen LogP contribution is 2.25. The van der Waals surface area contributed by atoms with Gasteiger partial charge in [0.05, 0.1) is 6.04 Å². The summed E-state index contributed by atoms with van der Waals surface area (Å²) >= 11 is 0. The molecule has 0 aliphatic carbocycles. The highest BCUT2D eigenvalue weighted by Gasteiger charge is 2.42. The van der Waals surface area contributed by atoms with Gasteiger partial charge >= 0.3 is 0 Å². The number of hydrogen-bond acceptors (Lipinski definition) is 3. The summed E-state index contributed by atoms with van der Waals surface area (Å²) in [7, 11) is 0. The maximum absolute atomic E-state index is 11.7. The molecule has 1 N–H and O–H groups in total. The largest absolute Gasteiger partial charge is 0.312 e. The van der Waals surface area contributed by atoms with Crippen molar-refractivity contribution in [2.24, 2.45) is 5.92 Å². The quantitative estimate of drug-likeness (QED) is 0.606. The van der Waals surface area contributed by atoms with Crippen molar-refractivity contribution in [3.05, 3.63) is 0 Å². The lowest BCUT2D eigenvalue weighted by Crippen LogP contribution is -2.45. The summed E-state index contributed by atoms with van der Waals surface area (Å²) in [5.74, 6) is -0.103. The molecular weight excluding hydrogens is 180 g/mol. The Kier molecular flexibility index (Phi) is 2.31. The number of likely N-dealkylation sites (tertiary alicyclic amines) is 1. The number of imide groups is 1. The monoisotopic (exact) mass is 196 g/mol. The van der Waals surface area contributed by atoms with Crippen molar-refractivity contribution < 1.29 is 9.59 Å². The molecule has 4 nitrogen and oxygen atoms in total. The minimum absolute atomic E-state index is 0.00282. The molecule has 0 aromatic heterocycles. The fourth-order valence-electron chi connectivity index (χ4n) is 2.35. The van der Waals surface area contributed by atoms with E-state index in [1.54, 1.807) is 0 Å². The Morgan fingerprint density at radius 2 is 2.07 bits per heavy atom. The van der Waals surface area contributed by atoms with E-state index in [0.29, 0.717) is 6.42 Å². The van der Waals surface area contributed by atoms with Crippen LogP contribution in [0, 0.1) is 5.92 Å². The summed E-state index contributed by atoms with van der Waals surface area (Å²) in [6.45, 7) is 4.76. The molecule has 2 heterocycles. The predicted octanol–water partition coefficient (Wildman–Crippen LogP) is 0.132. The minimum Gasteiger partial charge on any atom is -0.312 e. The molecule has 2 saturated heterocycles. The molecule has 2 fully saturated rings. The van der Waals surface area contributed by atoms with Crippen LogP contribution in [0.2, 0.25) is 0 Å². The first-order chi connectivity index (χ1) is 6.61. The third-order valence-corrected chi connectivity index (χ3v) is 3.22. The Bertz CT molecular complexity index is 277. The first kappa shape index (κ1) is 9.65. The molecule has 0 aromatic rings. The van der Waals surface area contributed by atoms with Crippen LogP contribution in [0.4, 0.5) is 0 Å². The first-order valence-corrected chi connectivity index (χ1v) is 5.20. The maximum atomic E-state index is 11.7. The van der Waals surface area contributed by atoms with Gasteiger partial charge in [0.15, 0.2) is 0 Å². The highest BCUT2D eigenvalue weighted by atomic mass is 16.2. The Morgan fingerprint density at radius 3 is 2.50 bits per heavy atom. The number of carbonyl (C=O) groups excluding carboxylic acids is 2. The number of nitrogens with one attached hydrogen (secondary N) is 1. The van der Waals surface area contributed by atoms with E-state index < -0.39 is 0 Å². The second-order valence-electron chi connectivity index (χ2n) is 4.31. The summed E-state index contributed by atoms with van der Waals surface area (Å²) in [4.78, 5) is 24.8. The minimum atomic E-state index is -0.115. The fourth-order valence-corrected chi connectivity index (χ4v) is 2.35. The number of rotatable bonds is 1. The molecule has 0 radical (unpaired) electrons. The molecule has 14 heavy (non-hydrogen) atoms. The molecule has 3 atom stereocenters. The van der Waals surface area contributed by atoms with Crippen LogP contribution in [0.15, 0.2) is 0 Å². The van der Waals surface area contributed by atoms with Gasteiger partial charge in [-0.25, -0.2) is 0 Å². The lowest BCUT2D eigenvalue weighted by molar-refractivity contribution is -0.142. The number of hydrogen-bond donors (Lipinski definition) is 1. The van der Waals surface area contributed by atoms with Gasteiger partial charge in [0.2, 0.25) is 11.8 Å². The van der Waals surface area contributed by atoms with Crippen LogP contribution < -0.4 is 5.32 Å². The van der Waals surface area contributed by atoms with Crippen LogP contribution in [0.1, 0.15) is 26.7 Å². The van der Waals surface area contributed by atoms with Crippen LogP contribution in [0.5, 0.6) is 0 Å². The third kappa shape index (κ3) is 1.34. The summed E-state index contributed by atoms with van der Waals surface area (Å²) in [5.41, 5.74) is 0. The van der Waals surface area contributed by atoms with E-state index >= 15 is 0 Å².